The monoisotopic (exact) mass is 360 g/mol. The van der Waals surface area contributed by atoms with Crippen LogP contribution in [0.5, 0.6) is 0 Å². The molecule has 0 spiro atoms. The summed E-state index contributed by atoms with van der Waals surface area (Å²) in [7, 11) is 1.09. The fourth-order valence-corrected chi connectivity index (χ4v) is 6.45. The zero-order valence-corrected chi connectivity index (χ0v) is 17.6. The molecule has 0 unspecified atom stereocenters. The van der Waals surface area contributed by atoms with Gasteiger partial charge in [-0.05, 0) is 25.1 Å². The molecule has 142 valence electrons. The maximum atomic E-state index is 11.9. The highest BCUT2D eigenvalue weighted by molar-refractivity contribution is 6.73. The van der Waals surface area contributed by atoms with E-state index in [9.17, 15) is 9.59 Å². The van der Waals surface area contributed by atoms with Crippen molar-refractivity contribution in [3.63, 3.8) is 0 Å². The van der Waals surface area contributed by atoms with E-state index < -0.39 is 14.2 Å². The topological polar surface area (TPSA) is 61.8 Å². The van der Waals surface area contributed by atoms with Crippen molar-refractivity contribution in [2.75, 3.05) is 14.2 Å². The zero-order chi connectivity index (χ0) is 18.9. The third-order valence-electron chi connectivity index (χ3n) is 5.43. The highest BCUT2D eigenvalue weighted by atomic mass is 28.4. The lowest BCUT2D eigenvalue weighted by atomic mass is 9.84. The second-order valence-electron chi connectivity index (χ2n) is 6.69. The Bertz CT molecular complexity index is 375. The van der Waals surface area contributed by atoms with Crippen molar-refractivity contribution >= 4 is 20.6 Å². The van der Waals surface area contributed by atoms with E-state index in [2.05, 4.69) is 20.8 Å². The Hall–Kier alpha value is -0.723. The van der Waals surface area contributed by atoms with Crippen LogP contribution >= 0.6 is 0 Å². The van der Waals surface area contributed by atoms with Crippen LogP contribution in [-0.4, -0.2) is 47.0 Å². The minimum absolute atomic E-state index is 0.0965. The van der Waals surface area contributed by atoms with Crippen molar-refractivity contribution in [2.45, 2.75) is 71.9 Å². The van der Waals surface area contributed by atoms with Crippen LogP contribution in [0, 0.1) is 17.8 Å². The van der Waals surface area contributed by atoms with Crippen LogP contribution < -0.4 is 0 Å². The lowest BCUT2D eigenvalue weighted by molar-refractivity contribution is -0.152. The van der Waals surface area contributed by atoms with Gasteiger partial charge in [-0.15, -0.1) is 0 Å². The smallest absolute Gasteiger partial charge is 0.311 e. The molecule has 5 nitrogen and oxygen atoms in total. The van der Waals surface area contributed by atoms with Crippen molar-refractivity contribution in [3.05, 3.63) is 0 Å². The third kappa shape index (κ3) is 5.67. The second kappa shape index (κ2) is 11.0. The largest absolute Gasteiger partial charge is 0.469 e. The first-order valence-electron chi connectivity index (χ1n) is 9.01. The van der Waals surface area contributed by atoms with Gasteiger partial charge < -0.3 is 18.7 Å². The molecule has 0 radical (unpaired) electrons. The van der Waals surface area contributed by atoms with Crippen molar-refractivity contribution in [2.24, 2.45) is 17.8 Å². The summed E-state index contributed by atoms with van der Waals surface area (Å²) in [5.74, 6) is -1.07. The molecule has 0 heterocycles. The minimum atomic E-state index is -1.88. The molecule has 0 aromatic carbocycles. The molecule has 0 aliphatic heterocycles. The molecule has 0 aliphatic rings. The predicted molar refractivity (Wildman–Crippen MR) is 98.4 cm³/mol. The predicted octanol–water partition coefficient (Wildman–Crippen LogP) is 3.67. The molecule has 0 amide bonds. The Labute approximate surface area is 148 Å². The van der Waals surface area contributed by atoms with Crippen LogP contribution in [0.3, 0.4) is 0 Å². The summed E-state index contributed by atoms with van der Waals surface area (Å²) in [5, 5.41) is 0. The molecule has 0 saturated heterocycles. The molecule has 0 fully saturated rings. The van der Waals surface area contributed by atoms with E-state index in [-0.39, 0.29) is 30.0 Å². The first kappa shape index (κ1) is 23.3. The number of esters is 1. The Morgan fingerprint density at radius 3 is 1.83 bits per heavy atom. The highest BCUT2D eigenvalue weighted by Crippen LogP contribution is 2.32. The van der Waals surface area contributed by atoms with Crippen LogP contribution in [0.2, 0.25) is 18.1 Å². The van der Waals surface area contributed by atoms with Crippen molar-refractivity contribution < 1.29 is 23.5 Å². The van der Waals surface area contributed by atoms with Crippen LogP contribution in [0.1, 0.15) is 41.5 Å². The molecule has 24 heavy (non-hydrogen) atoms. The van der Waals surface area contributed by atoms with E-state index in [1.807, 2.05) is 13.8 Å². The fourth-order valence-electron chi connectivity index (χ4n) is 3.44. The Morgan fingerprint density at radius 1 is 1.00 bits per heavy atom. The SMILES string of the molecule is CC[Si](CC)(CC)O[C@H]([C@@H](C)[C@@H](OC)[C@H](C)C(=O)OC)[C@H](C)C=O. The van der Waals surface area contributed by atoms with Gasteiger partial charge in [0.1, 0.15) is 6.29 Å². The van der Waals surface area contributed by atoms with Gasteiger partial charge in [0.15, 0.2) is 8.32 Å². The molecule has 5 atom stereocenters. The average Bonchev–Trinajstić information content (AvgIpc) is 2.62. The molecule has 0 bridgehead atoms. The van der Waals surface area contributed by atoms with Crippen LogP contribution in [0.25, 0.3) is 0 Å². The molecule has 0 aliphatic carbocycles. The standard InChI is InChI=1S/C18H36O5Si/c1-9-24(10-2,11-3)23-16(13(4)12-19)14(5)17(21-7)15(6)18(20)22-8/h12-17H,9-11H2,1-8H3/t13-,14-,15+,16+,17-/m1/s1. The van der Waals surface area contributed by atoms with Gasteiger partial charge in [-0.25, -0.2) is 0 Å². The Morgan fingerprint density at radius 2 is 1.50 bits per heavy atom. The fraction of sp³-hybridized carbons (Fsp3) is 0.889. The van der Waals surface area contributed by atoms with E-state index in [1.54, 1.807) is 14.0 Å². The van der Waals surface area contributed by atoms with Gasteiger partial charge in [0, 0.05) is 18.9 Å². The Kier molecular flexibility index (Phi) is 10.7. The third-order valence-corrected chi connectivity index (χ3v) is 10.1. The van der Waals surface area contributed by atoms with Gasteiger partial charge in [-0.2, -0.15) is 0 Å². The van der Waals surface area contributed by atoms with Crippen LogP contribution in [-0.2, 0) is 23.5 Å². The number of ether oxygens (including phenoxy) is 2. The summed E-state index contributed by atoms with van der Waals surface area (Å²) < 4.78 is 17.1. The quantitative estimate of drug-likeness (QED) is 0.302. The van der Waals surface area contributed by atoms with Crippen molar-refractivity contribution in [1.82, 2.24) is 0 Å². The molecular formula is C18H36O5Si. The summed E-state index contributed by atoms with van der Waals surface area (Å²) in [5.41, 5.74) is 0. The van der Waals surface area contributed by atoms with Gasteiger partial charge in [0.05, 0.1) is 25.2 Å². The highest BCUT2D eigenvalue weighted by Gasteiger charge is 2.41. The Balaban J connectivity index is 5.56. The number of carbonyl (C=O) groups excluding carboxylic acids is 2. The molecule has 6 heteroatoms. The number of methoxy groups -OCH3 is 2. The average molecular weight is 361 g/mol. The number of aldehydes is 1. The summed E-state index contributed by atoms with van der Waals surface area (Å²) in [6.07, 6.45) is 0.324. The van der Waals surface area contributed by atoms with E-state index in [0.29, 0.717) is 0 Å². The summed E-state index contributed by atoms with van der Waals surface area (Å²) >= 11 is 0. The van der Waals surface area contributed by atoms with Gasteiger partial charge in [-0.3, -0.25) is 4.79 Å². The van der Waals surface area contributed by atoms with E-state index in [0.717, 1.165) is 24.4 Å². The van der Waals surface area contributed by atoms with E-state index >= 15 is 0 Å². The summed E-state index contributed by atoms with van der Waals surface area (Å²) in [6, 6.07) is 3.04. The molecule has 0 aromatic rings. The van der Waals surface area contributed by atoms with Gasteiger partial charge in [0.25, 0.3) is 0 Å². The number of carbonyl (C=O) groups is 2. The van der Waals surface area contributed by atoms with Gasteiger partial charge in [-0.1, -0.05) is 34.6 Å². The summed E-state index contributed by atoms with van der Waals surface area (Å²) in [6.45, 7) is 12.2. The molecule has 0 N–H and O–H groups in total. The first-order chi connectivity index (χ1) is 11.3. The molecule has 0 aromatic heterocycles. The normalized spacial score (nSPS) is 18.3. The van der Waals surface area contributed by atoms with Crippen LogP contribution in [0.4, 0.5) is 0 Å². The zero-order valence-electron chi connectivity index (χ0n) is 16.6. The lowest BCUT2D eigenvalue weighted by Crippen LogP contribution is -2.49. The van der Waals surface area contributed by atoms with Crippen LogP contribution in [0.15, 0.2) is 0 Å². The molecular weight excluding hydrogens is 324 g/mol. The number of hydrogen-bond acceptors (Lipinski definition) is 5. The minimum Gasteiger partial charge on any atom is -0.469 e. The van der Waals surface area contributed by atoms with Crippen molar-refractivity contribution in [1.29, 1.82) is 0 Å². The van der Waals surface area contributed by atoms with Gasteiger partial charge >= 0.3 is 5.97 Å². The summed E-state index contributed by atoms with van der Waals surface area (Å²) in [4.78, 5) is 23.4. The van der Waals surface area contributed by atoms with Gasteiger partial charge in [0.2, 0.25) is 0 Å². The first-order valence-corrected chi connectivity index (χ1v) is 11.5. The second-order valence-corrected chi connectivity index (χ2v) is 11.4. The number of hydrogen-bond donors (Lipinski definition) is 0. The molecule has 0 saturated carbocycles. The van der Waals surface area contributed by atoms with Crippen molar-refractivity contribution in [3.8, 4) is 0 Å². The lowest BCUT2D eigenvalue weighted by Gasteiger charge is -2.40. The molecule has 0 rings (SSSR count). The number of rotatable bonds is 12. The maximum Gasteiger partial charge on any atom is 0.311 e. The van der Waals surface area contributed by atoms with E-state index in [1.165, 1.54) is 7.11 Å². The van der Waals surface area contributed by atoms with E-state index in [4.69, 9.17) is 13.9 Å². The maximum absolute atomic E-state index is 11.9.